The van der Waals surface area contributed by atoms with Crippen molar-refractivity contribution in [3.8, 4) is 11.4 Å². The van der Waals surface area contributed by atoms with E-state index in [9.17, 15) is 9.59 Å². The Morgan fingerprint density at radius 3 is 2.39 bits per heavy atom. The van der Waals surface area contributed by atoms with Gasteiger partial charge in [0, 0.05) is 5.56 Å². The summed E-state index contributed by atoms with van der Waals surface area (Å²) < 4.78 is 6.58. The number of aromatic nitrogens is 2. The van der Waals surface area contributed by atoms with E-state index in [0.717, 1.165) is 25.2 Å². The van der Waals surface area contributed by atoms with Crippen LogP contribution in [0.2, 0.25) is 0 Å². The van der Waals surface area contributed by atoms with Crippen molar-refractivity contribution in [3.63, 3.8) is 0 Å². The van der Waals surface area contributed by atoms with Crippen LogP contribution in [0.1, 0.15) is 21.6 Å². The van der Waals surface area contributed by atoms with Gasteiger partial charge in [0.05, 0.1) is 45.0 Å². The number of benzene rings is 2. The summed E-state index contributed by atoms with van der Waals surface area (Å²) >= 11 is 0. The van der Waals surface area contributed by atoms with Crippen molar-refractivity contribution in [3.05, 3.63) is 87.8 Å². The third-order valence-corrected chi connectivity index (χ3v) is 5.65. The number of carbonyl (C=O) groups excluding carboxylic acids is 1. The zero-order valence-electron chi connectivity index (χ0n) is 17.9. The second-order valence-corrected chi connectivity index (χ2v) is 7.85. The van der Waals surface area contributed by atoms with E-state index in [4.69, 9.17) is 4.74 Å². The monoisotopic (exact) mass is 419 g/mol. The zero-order valence-corrected chi connectivity index (χ0v) is 17.9. The summed E-state index contributed by atoms with van der Waals surface area (Å²) in [5, 5.41) is 4.39. The number of nitrogens with zero attached hydrogens (tertiary/aromatic N) is 3. The van der Waals surface area contributed by atoms with Crippen LogP contribution in [-0.2, 0) is 6.54 Å². The second kappa shape index (κ2) is 9.14. The molecule has 1 fully saturated rings. The van der Waals surface area contributed by atoms with E-state index in [2.05, 4.69) is 29.4 Å². The highest BCUT2D eigenvalue weighted by Gasteiger charge is 2.28. The van der Waals surface area contributed by atoms with Crippen LogP contribution in [0.3, 0.4) is 0 Å². The molecule has 0 spiro atoms. The maximum Gasteiger partial charge on any atom is 0.278 e. The summed E-state index contributed by atoms with van der Waals surface area (Å²) in [5.41, 5.74) is 2.82. The number of aryl methyl sites for hydroxylation is 1. The van der Waals surface area contributed by atoms with Gasteiger partial charge in [-0.05, 0) is 19.1 Å². The Morgan fingerprint density at radius 2 is 1.74 bits per heavy atom. The molecular weight excluding hydrogens is 392 g/mol. The maximum atomic E-state index is 13.3. The summed E-state index contributed by atoms with van der Waals surface area (Å²) in [7, 11) is 1.45. The Kier molecular flexibility index (Phi) is 6.13. The van der Waals surface area contributed by atoms with E-state index in [0.29, 0.717) is 18.8 Å². The first kappa shape index (κ1) is 20.8. The Hall–Kier alpha value is -3.45. The summed E-state index contributed by atoms with van der Waals surface area (Å²) in [4.78, 5) is 29.0. The van der Waals surface area contributed by atoms with E-state index >= 15 is 0 Å². The highest BCUT2D eigenvalue weighted by Crippen LogP contribution is 2.17. The van der Waals surface area contributed by atoms with Gasteiger partial charge in [-0.1, -0.05) is 48.0 Å². The molecule has 4 rings (SSSR count). The van der Waals surface area contributed by atoms with Crippen molar-refractivity contribution >= 4 is 5.91 Å². The number of ether oxygens (including phenoxy) is 1. The van der Waals surface area contributed by atoms with Crippen LogP contribution in [-0.4, -0.2) is 53.9 Å². The molecule has 0 saturated carbocycles. The predicted octanol–water partition coefficient (Wildman–Crippen LogP) is 1.09. The van der Waals surface area contributed by atoms with E-state index in [1.54, 1.807) is 4.90 Å². The van der Waals surface area contributed by atoms with Gasteiger partial charge in [0.15, 0.2) is 11.4 Å². The summed E-state index contributed by atoms with van der Waals surface area (Å²) in [6.07, 6.45) is 0. The number of quaternary nitrogens is 1. The molecule has 0 radical (unpaired) electrons. The zero-order chi connectivity index (χ0) is 21.8. The largest absolute Gasteiger partial charge is 0.494 e. The van der Waals surface area contributed by atoms with Crippen molar-refractivity contribution in [1.82, 2.24) is 14.7 Å². The number of hydrogen-bond donors (Lipinski definition) is 1. The van der Waals surface area contributed by atoms with E-state index < -0.39 is 0 Å². The highest BCUT2D eigenvalue weighted by atomic mass is 16.5. The number of rotatable bonds is 5. The summed E-state index contributed by atoms with van der Waals surface area (Å²) in [6.45, 7) is 5.91. The maximum absolute atomic E-state index is 13.3. The van der Waals surface area contributed by atoms with Crippen molar-refractivity contribution < 1.29 is 14.4 Å². The summed E-state index contributed by atoms with van der Waals surface area (Å²) in [6, 6.07) is 19.2. The van der Waals surface area contributed by atoms with E-state index in [1.807, 2.05) is 37.3 Å². The Morgan fingerprint density at radius 1 is 1.06 bits per heavy atom. The molecule has 0 bridgehead atoms. The molecule has 2 heterocycles. The molecule has 31 heavy (non-hydrogen) atoms. The van der Waals surface area contributed by atoms with Crippen LogP contribution in [0.15, 0.2) is 65.5 Å². The quantitative estimate of drug-likeness (QED) is 0.672. The molecule has 160 valence electrons. The molecule has 1 saturated heterocycles. The van der Waals surface area contributed by atoms with Gasteiger partial charge in [0.2, 0.25) is 0 Å². The molecular formula is C24H27N4O3+. The van der Waals surface area contributed by atoms with Crippen LogP contribution < -0.4 is 15.2 Å². The third kappa shape index (κ3) is 4.67. The lowest BCUT2D eigenvalue weighted by Gasteiger charge is -2.32. The van der Waals surface area contributed by atoms with Gasteiger partial charge in [-0.25, -0.2) is 0 Å². The van der Waals surface area contributed by atoms with Crippen LogP contribution in [0.5, 0.6) is 5.75 Å². The Balaban J connectivity index is 1.52. The fourth-order valence-electron chi connectivity index (χ4n) is 3.85. The van der Waals surface area contributed by atoms with Gasteiger partial charge >= 0.3 is 0 Å². The second-order valence-electron chi connectivity index (χ2n) is 7.85. The van der Waals surface area contributed by atoms with Gasteiger partial charge in [-0.15, -0.1) is 0 Å². The van der Waals surface area contributed by atoms with Gasteiger partial charge in [-0.3, -0.25) is 9.59 Å². The predicted molar refractivity (Wildman–Crippen MR) is 118 cm³/mol. The molecule has 0 unspecified atom stereocenters. The SMILES string of the molecule is COc1cc(=O)n(-c2ccc(C)cc2)nc1C(=O)N1CC[NH+](Cc2ccccc2)CC1. The Bertz CT molecular complexity index is 1100. The molecule has 0 aliphatic carbocycles. The van der Waals surface area contributed by atoms with Crippen LogP contribution in [0.25, 0.3) is 5.69 Å². The number of piperazine rings is 1. The minimum Gasteiger partial charge on any atom is -0.494 e. The molecule has 2 aromatic carbocycles. The van der Waals surface area contributed by atoms with Gasteiger partial charge in [-0.2, -0.15) is 9.78 Å². The number of nitrogens with one attached hydrogen (secondary N) is 1. The molecule has 3 aromatic rings. The molecule has 7 heteroatoms. The highest BCUT2D eigenvalue weighted by molar-refractivity contribution is 5.94. The van der Waals surface area contributed by atoms with Gasteiger partial charge in [0.25, 0.3) is 11.5 Å². The van der Waals surface area contributed by atoms with Crippen LogP contribution in [0, 0.1) is 6.92 Å². The number of amides is 1. The lowest BCUT2D eigenvalue weighted by Crippen LogP contribution is -3.13. The van der Waals surface area contributed by atoms with Crippen LogP contribution >= 0.6 is 0 Å². The first-order valence-electron chi connectivity index (χ1n) is 10.5. The van der Waals surface area contributed by atoms with Crippen molar-refractivity contribution in [2.45, 2.75) is 13.5 Å². The normalized spacial score (nSPS) is 14.5. The minimum atomic E-state index is -0.339. The van der Waals surface area contributed by atoms with E-state index in [-0.39, 0.29) is 22.9 Å². The number of carbonyl (C=O) groups is 1. The topological polar surface area (TPSA) is 68.9 Å². The standard InChI is InChI=1S/C24H26N4O3/c1-18-8-10-20(11-9-18)28-22(29)16-21(31-2)23(25-28)24(30)27-14-12-26(13-15-27)17-19-6-4-3-5-7-19/h3-11,16H,12-15,17H2,1-2H3/p+1. The fraction of sp³-hybridized carbons (Fsp3) is 0.292. The van der Waals surface area contributed by atoms with Crippen molar-refractivity contribution in [2.24, 2.45) is 0 Å². The molecule has 0 atom stereocenters. The van der Waals surface area contributed by atoms with E-state index in [1.165, 1.54) is 28.3 Å². The lowest BCUT2D eigenvalue weighted by atomic mass is 10.2. The molecule has 1 aliphatic rings. The Labute approximate surface area is 181 Å². The third-order valence-electron chi connectivity index (χ3n) is 5.65. The van der Waals surface area contributed by atoms with Crippen LogP contribution in [0.4, 0.5) is 0 Å². The van der Waals surface area contributed by atoms with Crippen molar-refractivity contribution in [2.75, 3.05) is 33.3 Å². The first-order chi connectivity index (χ1) is 15.0. The van der Waals surface area contributed by atoms with Gasteiger partial charge in [0.1, 0.15) is 6.54 Å². The lowest BCUT2D eigenvalue weighted by molar-refractivity contribution is -0.917. The van der Waals surface area contributed by atoms with Crippen molar-refractivity contribution in [1.29, 1.82) is 0 Å². The first-order valence-corrected chi connectivity index (χ1v) is 10.5. The fourth-order valence-corrected chi connectivity index (χ4v) is 3.85. The number of hydrogen-bond acceptors (Lipinski definition) is 4. The molecule has 7 nitrogen and oxygen atoms in total. The molecule has 1 aliphatic heterocycles. The molecule has 1 amide bonds. The average molecular weight is 420 g/mol. The minimum absolute atomic E-state index is 0.161. The number of methoxy groups -OCH3 is 1. The molecule has 1 aromatic heterocycles. The van der Waals surface area contributed by atoms with Gasteiger partial charge < -0.3 is 14.5 Å². The average Bonchev–Trinajstić information content (AvgIpc) is 2.80. The smallest absolute Gasteiger partial charge is 0.278 e. The molecule has 1 N–H and O–H groups in total. The summed E-state index contributed by atoms with van der Waals surface area (Å²) in [5.74, 6) is -0.00565.